The Balaban J connectivity index is 1.69. The molecule has 0 amide bonds. The zero-order valence-corrected chi connectivity index (χ0v) is 14.7. The molecule has 1 aliphatic heterocycles. The molecule has 1 aromatic heterocycles. The van der Waals surface area contributed by atoms with Crippen LogP contribution >= 0.6 is 0 Å². The number of hydrogen-bond acceptors (Lipinski definition) is 8. The summed E-state index contributed by atoms with van der Waals surface area (Å²) >= 11 is 0. The lowest BCUT2D eigenvalue weighted by atomic mass is 10.1. The zero-order chi connectivity index (χ0) is 18.7. The molecule has 0 radical (unpaired) electrons. The van der Waals surface area contributed by atoms with Crippen LogP contribution in [0.25, 0.3) is 0 Å². The van der Waals surface area contributed by atoms with Gasteiger partial charge in [0.2, 0.25) is 0 Å². The van der Waals surface area contributed by atoms with Crippen LogP contribution in [0, 0.1) is 17.0 Å². The lowest BCUT2D eigenvalue weighted by Gasteiger charge is -2.35. The number of nitrogens with zero attached hydrogens (tertiary/aromatic N) is 4. The van der Waals surface area contributed by atoms with Gasteiger partial charge >= 0.3 is 5.97 Å². The van der Waals surface area contributed by atoms with Gasteiger partial charge in [-0.15, -0.1) is 0 Å². The fraction of sp³-hybridized carbons (Fsp3) is 0.412. The van der Waals surface area contributed by atoms with Crippen molar-refractivity contribution in [1.82, 2.24) is 10.1 Å². The number of rotatable bonds is 5. The number of hydrogen-bond donors (Lipinski definition) is 0. The summed E-state index contributed by atoms with van der Waals surface area (Å²) in [5.74, 6) is 0.0819. The second-order valence-electron chi connectivity index (χ2n) is 6.14. The van der Waals surface area contributed by atoms with Gasteiger partial charge in [-0.05, 0) is 19.1 Å². The number of aryl methyl sites for hydroxylation is 1. The van der Waals surface area contributed by atoms with Crippen molar-refractivity contribution >= 4 is 17.3 Å². The molecule has 0 aliphatic carbocycles. The van der Waals surface area contributed by atoms with E-state index in [1.807, 2.05) is 13.0 Å². The van der Waals surface area contributed by atoms with Crippen LogP contribution in [-0.4, -0.2) is 54.2 Å². The molecule has 0 bridgehead atoms. The molecular weight excluding hydrogens is 340 g/mol. The van der Waals surface area contributed by atoms with Gasteiger partial charge in [0, 0.05) is 50.5 Å². The molecular formula is C17H20N4O5. The predicted octanol–water partition coefficient (Wildman–Crippen LogP) is 2.00. The molecule has 9 heteroatoms. The molecule has 26 heavy (non-hydrogen) atoms. The largest absolute Gasteiger partial charge is 0.465 e. The van der Waals surface area contributed by atoms with E-state index in [0.29, 0.717) is 0 Å². The Labute approximate surface area is 150 Å². The highest BCUT2D eigenvalue weighted by atomic mass is 16.6. The fourth-order valence-electron chi connectivity index (χ4n) is 3.04. The van der Waals surface area contributed by atoms with Crippen molar-refractivity contribution in [3.63, 3.8) is 0 Å². The number of esters is 1. The van der Waals surface area contributed by atoms with E-state index in [4.69, 9.17) is 4.52 Å². The summed E-state index contributed by atoms with van der Waals surface area (Å²) in [4.78, 5) is 26.8. The number of aromatic nitrogens is 1. The van der Waals surface area contributed by atoms with E-state index in [0.717, 1.165) is 49.9 Å². The maximum atomic E-state index is 11.9. The topological polar surface area (TPSA) is 102 Å². The number of anilines is 1. The number of carbonyl (C=O) groups is 1. The van der Waals surface area contributed by atoms with Crippen molar-refractivity contribution in [2.75, 3.05) is 38.2 Å². The van der Waals surface area contributed by atoms with Crippen LogP contribution in [0.1, 0.15) is 21.8 Å². The molecule has 1 aromatic carbocycles. The summed E-state index contributed by atoms with van der Waals surface area (Å²) in [5, 5.41) is 15.1. The predicted molar refractivity (Wildman–Crippen MR) is 93.2 cm³/mol. The van der Waals surface area contributed by atoms with E-state index in [1.54, 1.807) is 6.07 Å². The Bertz CT molecular complexity index is 811. The zero-order valence-electron chi connectivity index (χ0n) is 14.7. The van der Waals surface area contributed by atoms with Crippen LogP contribution in [-0.2, 0) is 11.3 Å². The van der Waals surface area contributed by atoms with Crippen molar-refractivity contribution in [3.8, 4) is 0 Å². The van der Waals surface area contributed by atoms with Crippen molar-refractivity contribution in [1.29, 1.82) is 0 Å². The SMILES string of the molecule is COC(=O)c1cc(N2CCN(Cc3cc(C)on3)CC2)ccc1[N+](=O)[O-]. The highest BCUT2D eigenvalue weighted by Crippen LogP contribution is 2.26. The normalized spacial score (nSPS) is 15.1. The molecule has 0 spiro atoms. The lowest BCUT2D eigenvalue weighted by Crippen LogP contribution is -2.46. The van der Waals surface area contributed by atoms with Crippen molar-refractivity contribution < 1.29 is 19.0 Å². The van der Waals surface area contributed by atoms with Crippen LogP contribution in [0.15, 0.2) is 28.8 Å². The third-order valence-corrected chi connectivity index (χ3v) is 4.38. The number of carbonyl (C=O) groups excluding carboxylic acids is 1. The number of nitro benzene ring substituents is 1. The van der Waals surface area contributed by atoms with Crippen molar-refractivity contribution in [3.05, 3.63) is 51.4 Å². The molecule has 0 atom stereocenters. The van der Waals surface area contributed by atoms with Gasteiger partial charge in [0.15, 0.2) is 0 Å². The molecule has 2 aromatic rings. The first kappa shape index (κ1) is 17.9. The maximum Gasteiger partial charge on any atom is 0.344 e. The average molecular weight is 360 g/mol. The Morgan fingerprint density at radius 1 is 1.31 bits per heavy atom. The fourth-order valence-corrected chi connectivity index (χ4v) is 3.04. The average Bonchev–Trinajstić information content (AvgIpc) is 3.05. The first-order valence-corrected chi connectivity index (χ1v) is 8.24. The number of benzene rings is 1. The van der Waals surface area contributed by atoms with Gasteiger partial charge < -0.3 is 14.2 Å². The van der Waals surface area contributed by atoms with Gasteiger partial charge in [0.1, 0.15) is 11.3 Å². The molecule has 1 aliphatic rings. The van der Waals surface area contributed by atoms with E-state index >= 15 is 0 Å². The van der Waals surface area contributed by atoms with Crippen LogP contribution in [0.4, 0.5) is 11.4 Å². The molecule has 9 nitrogen and oxygen atoms in total. The standard InChI is InChI=1S/C17H20N4O5/c1-12-9-13(18-26-12)11-19-5-7-20(8-6-19)14-3-4-16(21(23)24)15(10-14)17(22)25-2/h3-4,9-10H,5-8,11H2,1-2H3. The third-order valence-electron chi connectivity index (χ3n) is 4.38. The molecule has 0 N–H and O–H groups in total. The second kappa shape index (κ2) is 7.52. The van der Waals surface area contributed by atoms with Crippen molar-refractivity contribution in [2.24, 2.45) is 0 Å². The molecule has 1 saturated heterocycles. The second-order valence-corrected chi connectivity index (χ2v) is 6.14. The molecule has 0 saturated carbocycles. The molecule has 0 unspecified atom stereocenters. The van der Waals surface area contributed by atoms with Crippen molar-refractivity contribution in [2.45, 2.75) is 13.5 Å². The molecule has 2 heterocycles. The van der Waals surface area contributed by atoms with Crippen LogP contribution < -0.4 is 4.90 Å². The molecule has 138 valence electrons. The number of nitro groups is 1. The van der Waals surface area contributed by atoms with E-state index in [1.165, 1.54) is 19.2 Å². The first-order valence-electron chi connectivity index (χ1n) is 8.24. The molecule has 3 rings (SSSR count). The van der Waals surface area contributed by atoms with Gasteiger partial charge in [-0.25, -0.2) is 4.79 Å². The smallest absolute Gasteiger partial charge is 0.344 e. The summed E-state index contributed by atoms with van der Waals surface area (Å²) in [6.45, 7) is 5.71. The highest BCUT2D eigenvalue weighted by Gasteiger charge is 2.24. The summed E-state index contributed by atoms with van der Waals surface area (Å²) in [7, 11) is 1.21. The number of methoxy groups -OCH3 is 1. The summed E-state index contributed by atoms with van der Waals surface area (Å²) in [5.41, 5.74) is 1.39. The van der Waals surface area contributed by atoms with Gasteiger partial charge in [-0.2, -0.15) is 0 Å². The number of ether oxygens (including phenoxy) is 1. The van der Waals surface area contributed by atoms with Gasteiger partial charge in [0.25, 0.3) is 5.69 Å². The quantitative estimate of drug-likeness (QED) is 0.453. The Hall–Kier alpha value is -2.94. The minimum absolute atomic E-state index is 0.0319. The Kier molecular flexibility index (Phi) is 5.17. The van der Waals surface area contributed by atoms with Crippen LogP contribution in [0.5, 0.6) is 0 Å². The van der Waals surface area contributed by atoms with Crippen LogP contribution in [0.2, 0.25) is 0 Å². The molecule has 1 fully saturated rings. The minimum Gasteiger partial charge on any atom is -0.465 e. The third kappa shape index (κ3) is 3.83. The maximum absolute atomic E-state index is 11.9. The Morgan fingerprint density at radius 2 is 2.04 bits per heavy atom. The number of piperazine rings is 1. The van der Waals surface area contributed by atoms with E-state index in [-0.39, 0.29) is 11.3 Å². The van der Waals surface area contributed by atoms with Gasteiger partial charge in [-0.1, -0.05) is 5.16 Å². The van der Waals surface area contributed by atoms with E-state index in [2.05, 4.69) is 19.7 Å². The summed E-state index contributed by atoms with van der Waals surface area (Å²) < 4.78 is 9.76. The van der Waals surface area contributed by atoms with Gasteiger partial charge in [0.05, 0.1) is 17.7 Å². The van der Waals surface area contributed by atoms with Gasteiger partial charge in [-0.3, -0.25) is 15.0 Å². The minimum atomic E-state index is -0.710. The summed E-state index contributed by atoms with van der Waals surface area (Å²) in [6.07, 6.45) is 0. The van der Waals surface area contributed by atoms with E-state index in [9.17, 15) is 14.9 Å². The summed E-state index contributed by atoms with van der Waals surface area (Å²) in [6, 6.07) is 6.47. The first-order chi connectivity index (χ1) is 12.5. The Morgan fingerprint density at radius 3 is 2.62 bits per heavy atom. The lowest BCUT2D eigenvalue weighted by molar-refractivity contribution is -0.385. The van der Waals surface area contributed by atoms with Crippen LogP contribution in [0.3, 0.4) is 0 Å². The monoisotopic (exact) mass is 360 g/mol. The highest BCUT2D eigenvalue weighted by molar-refractivity contribution is 5.95. The van der Waals surface area contributed by atoms with E-state index < -0.39 is 10.9 Å².